The summed E-state index contributed by atoms with van der Waals surface area (Å²) in [6.45, 7) is 4.41. The molecule has 0 aliphatic carbocycles. The van der Waals surface area contributed by atoms with Crippen LogP contribution in [0.1, 0.15) is 12.0 Å². The quantitative estimate of drug-likeness (QED) is 0.798. The van der Waals surface area contributed by atoms with Crippen molar-refractivity contribution in [3.05, 3.63) is 54.2 Å². The first kappa shape index (κ1) is 18.3. The van der Waals surface area contributed by atoms with E-state index in [0.717, 1.165) is 17.7 Å². The molecule has 1 aromatic heterocycles. The van der Waals surface area contributed by atoms with Gasteiger partial charge in [-0.2, -0.15) is 0 Å². The molecule has 4 rings (SSSR count). The Morgan fingerprint density at radius 2 is 1.96 bits per heavy atom. The zero-order valence-corrected chi connectivity index (χ0v) is 16.0. The highest BCUT2D eigenvalue weighted by Gasteiger charge is 2.34. The third-order valence-electron chi connectivity index (χ3n) is 5.16. The van der Waals surface area contributed by atoms with Gasteiger partial charge in [0.05, 0.1) is 6.54 Å². The summed E-state index contributed by atoms with van der Waals surface area (Å²) in [5, 5.41) is 0. The molecule has 0 spiro atoms. The fraction of sp³-hybridized carbons (Fsp3) is 0.381. The molecule has 2 saturated heterocycles. The molecule has 2 aliphatic heterocycles. The highest BCUT2D eigenvalue weighted by molar-refractivity contribution is 5.96. The monoisotopic (exact) mass is 380 g/mol. The molecule has 7 heteroatoms. The van der Waals surface area contributed by atoms with Gasteiger partial charge >= 0.3 is 6.03 Å². The fourth-order valence-electron chi connectivity index (χ4n) is 3.59. The summed E-state index contributed by atoms with van der Waals surface area (Å²) < 4.78 is 5.88. The molecule has 0 radical (unpaired) electrons. The molecule has 0 N–H and O–H groups in total. The van der Waals surface area contributed by atoms with Crippen LogP contribution in [0.5, 0.6) is 5.88 Å². The minimum Gasteiger partial charge on any atom is -0.472 e. The lowest BCUT2D eigenvalue weighted by Gasteiger charge is -2.22. The Morgan fingerprint density at radius 1 is 1.14 bits per heavy atom. The smallest absolute Gasteiger partial charge is 0.325 e. The van der Waals surface area contributed by atoms with Gasteiger partial charge in [0.25, 0.3) is 0 Å². The van der Waals surface area contributed by atoms with E-state index in [1.54, 1.807) is 20.9 Å². The Balaban J connectivity index is 1.30. The maximum atomic E-state index is 12.7. The van der Waals surface area contributed by atoms with Gasteiger partial charge in [0.2, 0.25) is 11.8 Å². The van der Waals surface area contributed by atoms with E-state index in [9.17, 15) is 9.59 Å². The number of anilines is 1. The zero-order chi connectivity index (χ0) is 19.5. The number of urea groups is 1. The average molecular weight is 380 g/mol. The SMILES string of the molecule is Cc1ccc(OC2CCN(C(=O)CN3CCN(c4ccccc4)C3=O)C2)nc1. The summed E-state index contributed by atoms with van der Waals surface area (Å²) in [6.07, 6.45) is 2.48. The number of nitrogens with zero attached hydrogens (tertiary/aromatic N) is 4. The van der Waals surface area contributed by atoms with Crippen LogP contribution in [0.2, 0.25) is 0 Å². The lowest BCUT2D eigenvalue weighted by Crippen LogP contribution is -2.42. The first-order valence-electron chi connectivity index (χ1n) is 9.59. The molecule has 1 aromatic carbocycles. The van der Waals surface area contributed by atoms with Gasteiger partial charge in [0.1, 0.15) is 12.6 Å². The number of para-hydroxylation sites is 1. The molecule has 3 amide bonds. The third kappa shape index (κ3) is 3.93. The summed E-state index contributed by atoms with van der Waals surface area (Å²) >= 11 is 0. The summed E-state index contributed by atoms with van der Waals surface area (Å²) in [5.74, 6) is 0.546. The topological polar surface area (TPSA) is 66.0 Å². The van der Waals surface area contributed by atoms with Crippen LogP contribution in [0, 0.1) is 6.92 Å². The highest BCUT2D eigenvalue weighted by atomic mass is 16.5. The standard InChI is InChI=1S/C21H24N4O3/c1-16-7-8-19(22-13-16)28-18-9-10-23(14-18)20(26)15-24-11-12-25(21(24)27)17-5-3-2-4-6-17/h2-8,13,18H,9-12,14-15H2,1H3. The Kier molecular flexibility index (Phi) is 5.14. The molecule has 2 aromatic rings. The van der Waals surface area contributed by atoms with E-state index >= 15 is 0 Å². The van der Waals surface area contributed by atoms with Gasteiger partial charge < -0.3 is 14.5 Å². The van der Waals surface area contributed by atoms with E-state index < -0.39 is 0 Å². The van der Waals surface area contributed by atoms with Crippen LogP contribution >= 0.6 is 0 Å². The van der Waals surface area contributed by atoms with Crippen molar-refractivity contribution >= 4 is 17.6 Å². The van der Waals surface area contributed by atoms with Gasteiger partial charge in [-0.1, -0.05) is 24.3 Å². The molecule has 1 atom stereocenters. The van der Waals surface area contributed by atoms with Gasteiger partial charge in [0.15, 0.2) is 0 Å². The zero-order valence-electron chi connectivity index (χ0n) is 16.0. The average Bonchev–Trinajstić information content (AvgIpc) is 3.32. The van der Waals surface area contributed by atoms with Crippen molar-refractivity contribution in [2.75, 3.05) is 37.6 Å². The molecular weight excluding hydrogens is 356 g/mol. The van der Waals surface area contributed by atoms with Crippen molar-refractivity contribution < 1.29 is 14.3 Å². The molecule has 28 heavy (non-hydrogen) atoms. The number of hydrogen-bond donors (Lipinski definition) is 0. The number of likely N-dealkylation sites (tertiary alicyclic amines) is 1. The highest BCUT2D eigenvalue weighted by Crippen LogP contribution is 2.21. The Labute approximate surface area is 164 Å². The second-order valence-electron chi connectivity index (χ2n) is 7.23. The van der Waals surface area contributed by atoms with Crippen LogP contribution in [0.3, 0.4) is 0 Å². The summed E-state index contributed by atoms with van der Waals surface area (Å²) in [6, 6.07) is 13.2. The minimum absolute atomic E-state index is 0.0359. The molecule has 2 aliphatic rings. The molecule has 2 fully saturated rings. The van der Waals surface area contributed by atoms with E-state index in [4.69, 9.17) is 4.74 Å². The van der Waals surface area contributed by atoms with Crippen LogP contribution in [0.25, 0.3) is 0 Å². The summed E-state index contributed by atoms with van der Waals surface area (Å²) in [5.41, 5.74) is 1.94. The molecule has 0 bridgehead atoms. The Hall–Kier alpha value is -3.09. The van der Waals surface area contributed by atoms with Crippen molar-refractivity contribution in [2.45, 2.75) is 19.4 Å². The number of hydrogen-bond acceptors (Lipinski definition) is 4. The predicted octanol–water partition coefficient (Wildman–Crippen LogP) is 2.31. The van der Waals surface area contributed by atoms with Crippen LogP contribution in [0.15, 0.2) is 48.7 Å². The normalized spacial score (nSPS) is 19.4. The van der Waals surface area contributed by atoms with Gasteiger partial charge in [-0.25, -0.2) is 9.78 Å². The summed E-state index contributed by atoms with van der Waals surface area (Å²) in [7, 11) is 0. The van der Waals surface area contributed by atoms with E-state index in [0.29, 0.717) is 32.1 Å². The molecule has 1 unspecified atom stereocenters. The first-order chi connectivity index (χ1) is 13.6. The number of aryl methyl sites for hydroxylation is 1. The lowest BCUT2D eigenvalue weighted by molar-refractivity contribution is -0.130. The van der Waals surface area contributed by atoms with Crippen molar-refractivity contribution in [1.82, 2.24) is 14.8 Å². The molecule has 7 nitrogen and oxygen atoms in total. The predicted molar refractivity (Wildman–Crippen MR) is 105 cm³/mol. The maximum absolute atomic E-state index is 12.7. The van der Waals surface area contributed by atoms with Crippen molar-refractivity contribution in [1.29, 1.82) is 0 Å². The van der Waals surface area contributed by atoms with Gasteiger partial charge in [0, 0.05) is 44.0 Å². The second kappa shape index (κ2) is 7.88. The second-order valence-corrected chi connectivity index (χ2v) is 7.23. The first-order valence-corrected chi connectivity index (χ1v) is 9.59. The molecular formula is C21H24N4O3. The molecule has 3 heterocycles. The minimum atomic E-state index is -0.115. The van der Waals surface area contributed by atoms with Crippen LogP contribution in [-0.4, -0.2) is 65.5 Å². The van der Waals surface area contributed by atoms with Crippen LogP contribution < -0.4 is 9.64 Å². The number of pyridine rings is 1. The Bertz CT molecular complexity index is 840. The Morgan fingerprint density at radius 3 is 2.71 bits per heavy atom. The van der Waals surface area contributed by atoms with E-state index in [1.807, 2.05) is 49.4 Å². The number of ether oxygens (including phenoxy) is 1. The largest absolute Gasteiger partial charge is 0.472 e. The maximum Gasteiger partial charge on any atom is 0.325 e. The number of carbonyl (C=O) groups excluding carboxylic acids is 2. The number of rotatable bonds is 5. The van der Waals surface area contributed by atoms with E-state index in [1.165, 1.54) is 0 Å². The fourth-order valence-corrected chi connectivity index (χ4v) is 3.59. The number of carbonyl (C=O) groups is 2. The van der Waals surface area contributed by atoms with Crippen LogP contribution in [0.4, 0.5) is 10.5 Å². The van der Waals surface area contributed by atoms with Gasteiger partial charge in [-0.05, 0) is 24.6 Å². The van der Waals surface area contributed by atoms with Gasteiger partial charge in [-0.3, -0.25) is 9.69 Å². The molecule has 0 saturated carbocycles. The van der Waals surface area contributed by atoms with E-state index in [-0.39, 0.29) is 24.6 Å². The molecule has 146 valence electrons. The number of benzene rings is 1. The van der Waals surface area contributed by atoms with Crippen molar-refractivity contribution in [3.8, 4) is 5.88 Å². The lowest BCUT2D eigenvalue weighted by atomic mass is 10.3. The van der Waals surface area contributed by atoms with Gasteiger partial charge in [-0.15, -0.1) is 0 Å². The van der Waals surface area contributed by atoms with Crippen molar-refractivity contribution in [2.24, 2.45) is 0 Å². The van der Waals surface area contributed by atoms with Crippen molar-refractivity contribution in [3.63, 3.8) is 0 Å². The summed E-state index contributed by atoms with van der Waals surface area (Å²) in [4.78, 5) is 34.7. The third-order valence-corrected chi connectivity index (χ3v) is 5.16. The van der Waals surface area contributed by atoms with Crippen LogP contribution in [-0.2, 0) is 4.79 Å². The van der Waals surface area contributed by atoms with E-state index in [2.05, 4.69) is 4.98 Å². The number of aromatic nitrogens is 1. The number of amides is 3.